The molecule has 0 radical (unpaired) electrons. The second-order valence-corrected chi connectivity index (χ2v) is 5.56. The van der Waals surface area contributed by atoms with Crippen LogP contribution in [0.15, 0.2) is 28.2 Å². The zero-order chi connectivity index (χ0) is 14.3. The molecule has 1 aromatic carbocycles. The van der Waals surface area contributed by atoms with Crippen molar-refractivity contribution in [1.82, 2.24) is 10.1 Å². The molecular formula is C14H12N2O3S. The Morgan fingerprint density at radius 2 is 1.85 bits per heavy atom. The van der Waals surface area contributed by atoms with Crippen molar-refractivity contribution < 1.29 is 14.7 Å². The van der Waals surface area contributed by atoms with Gasteiger partial charge in [-0.25, -0.2) is 4.98 Å². The van der Waals surface area contributed by atoms with E-state index in [-0.39, 0.29) is 17.1 Å². The van der Waals surface area contributed by atoms with Crippen molar-refractivity contribution in [3.05, 3.63) is 34.3 Å². The minimum Gasteiger partial charge on any atom is -0.507 e. The minimum atomic E-state index is -0.0487. The molecule has 6 heteroatoms. The summed E-state index contributed by atoms with van der Waals surface area (Å²) in [5, 5.41) is 26.7. The number of benzene rings is 1. The van der Waals surface area contributed by atoms with Crippen molar-refractivity contribution in [2.75, 3.05) is 0 Å². The van der Waals surface area contributed by atoms with Crippen LogP contribution < -0.4 is 0 Å². The van der Waals surface area contributed by atoms with E-state index in [1.54, 1.807) is 19.1 Å². The molecule has 3 aromatic rings. The van der Waals surface area contributed by atoms with Gasteiger partial charge in [0.05, 0.1) is 22.5 Å². The van der Waals surface area contributed by atoms with Crippen molar-refractivity contribution in [3.8, 4) is 34.1 Å². The van der Waals surface area contributed by atoms with Crippen LogP contribution in [-0.4, -0.2) is 20.4 Å². The number of aromatic nitrogens is 2. The molecule has 102 valence electrons. The summed E-state index contributed by atoms with van der Waals surface area (Å²) in [6.07, 6.45) is 1.53. The molecule has 3 rings (SSSR count). The van der Waals surface area contributed by atoms with Gasteiger partial charge in [0, 0.05) is 5.38 Å². The first-order chi connectivity index (χ1) is 9.56. The summed E-state index contributed by atoms with van der Waals surface area (Å²) in [6.45, 7) is 3.69. The lowest BCUT2D eigenvalue weighted by Gasteiger charge is -2.06. The van der Waals surface area contributed by atoms with Crippen LogP contribution in [0.2, 0.25) is 0 Å². The Bertz CT molecular complexity index is 753. The molecule has 0 fully saturated rings. The first-order valence-electron chi connectivity index (χ1n) is 5.96. The summed E-state index contributed by atoms with van der Waals surface area (Å²) in [5.74, 6) is 0.213. The van der Waals surface area contributed by atoms with Crippen LogP contribution >= 0.6 is 11.3 Å². The Labute approximate surface area is 119 Å². The number of hydrogen-bond acceptors (Lipinski definition) is 6. The number of hydrogen-bond donors (Lipinski definition) is 2. The van der Waals surface area contributed by atoms with Gasteiger partial charge >= 0.3 is 0 Å². The first kappa shape index (κ1) is 12.7. The van der Waals surface area contributed by atoms with Gasteiger partial charge in [0.2, 0.25) is 0 Å². The number of phenolic OH excluding ortho intramolecular Hbond substituents is 2. The summed E-state index contributed by atoms with van der Waals surface area (Å²) in [6, 6.07) is 3.13. The molecule has 0 spiro atoms. The molecule has 0 bridgehead atoms. The molecule has 20 heavy (non-hydrogen) atoms. The van der Waals surface area contributed by atoms with E-state index in [0.717, 1.165) is 10.6 Å². The maximum absolute atomic E-state index is 10.1. The van der Waals surface area contributed by atoms with E-state index in [1.807, 2.05) is 12.3 Å². The van der Waals surface area contributed by atoms with Crippen LogP contribution in [0, 0.1) is 13.8 Å². The minimum absolute atomic E-state index is 0.0487. The maximum Gasteiger partial charge on any atom is 0.183 e. The van der Waals surface area contributed by atoms with Crippen molar-refractivity contribution >= 4 is 11.3 Å². The van der Waals surface area contributed by atoms with E-state index in [9.17, 15) is 10.2 Å². The van der Waals surface area contributed by atoms with E-state index >= 15 is 0 Å². The van der Waals surface area contributed by atoms with E-state index in [4.69, 9.17) is 4.52 Å². The largest absolute Gasteiger partial charge is 0.507 e. The van der Waals surface area contributed by atoms with Gasteiger partial charge in [0.25, 0.3) is 0 Å². The lowest BCUT2D eigenvalue weighted by Crippen LogP contribution is -1.84. The second-order valence-electron chi connectivity index (χ2n) is 4.50. The third-order valence-electron chi connectivity index (χ3n) is 2.93. The monoisotopic (exact) mass is 288 g/mol. The molecule has 0 aliphatic carbocycles. The average molecular weight is 288 g/mol. The molecule has 2 heterocycles. The Morgan fingerprint density at radius 1 is 1.15 bits per heavy atom. The van der Waals surface area contributed by atoms with Crippen molar-refractivity contribution in [2.45, 2.75) is 13.8 Å². The second kappa shape index (κ2) is 4.64. The third kappa shape index (κ3) is 2.04. The summed E-state index contributed by atoms with van der Waals surface area (Å²) in [4.78, 5) is 4.37. The van der Waals surface area contributed by atoms with Gasteiger partial charge in [-0.05, 0) is 31.5 Å². The molecule has 0 aliphatic heterocycles. The van der Waals surface area contributed by atoms with Gasteiger partial charge in [0.1, 0.15) is 17.1 Å². The van der Waals surface area contributed by atoms with Gasteiger partial charge in [-0.2, -0.15) is 0 Å². The smallest absolute Gasteiger partial charge is 0.183 e. The molecule has 0 atom stereocenters. The number of rotatable bonds is 2. The molecule has 2 aromatic heterocycles. The van der Waals surface area contributed by atoms with Gasteiger partial charge < -0.3 is 14.7 Å². The van der Waals surface area contributed by atoms with Crippen LogP contribution in [-0.2, 0) is 0 Å². The van der Waals surface area contributed by atoms with E-state index in [1.165, 1.54) is 17.5 Å². The van der Waals surface area contributed by atoms with Crippen LogP contribution in [0.25, 0.3) is 22.6 Å². The molecule has 0 aliphatic rings. The summed E-state index contributed by atoms with van der Waals surface area (Å²) >= 11 is 1.51. The predicted molar refractivity (Wildman–Crippen MR) is 75.9 cm³/mol. The zero-order valence-electron chi connectivity index (χ0n) is 10.9. The average Bonchev–Trinajstić information content (AvgIpc) is 2.96. The third-order valence-corrected chi connectivity index (χ3v) is 3.71. The van der Waals surface area contributed by atoms with Crippen LogP contribution in [0.1, 0.15) is 10.6 Å². The van der Waals surface area contributed by atoms with Crippen molar-refractivity contribution in [3.63, 3.8) is 0 Å². The summed E-state index contributed by atoms with van der Waals surface area (Å²) in [7, 11) is 0. The number of thiazole rings is 1. The molecule has 0 saturated carbocycles. The molecular weight excluding hydrogens is 276 g/mol. The molecule has 5 nitrogen and oxygen atoms in total. The van der Waals surface area contributed by atoms with Gasteiger partial charge in [0.15, 0.2) is 5.76 Å². The zero-order valence-corrected chi connectivity index (χ0v) is 11.7. The van der Waals surface area contributed by atoms with E-state index < -0.39 is 0 Å². The Morgan fingerprint density at radius 3 is 2.45 bits per heavy atom. The van der Waals surface area contributed by atoms with Crippen molar-refractivity contribution in [2.24, 2.45) is 0 Å². The molecule has 0 amide bonds. The van der Waals surface area contributed by atoms with Gasteiger partial charge in [-0.15, -0.1) is 11.3 Å². The highest BCUT2D eigenvalue weighted by Gasteiger charge is 2.21. The topological polar surface area (TPSA) is 79.4 Å². The molecule has 0 unspecified atom stereocenters. The van der Waals surface area contributed by atoms with E-state index in [2.05, 4.69) is 10.1 Å². The quantitative estimate of drug-likeness (QED) is 0.754. The highest BCUT2D eigenvalue weighted by molar-refractivity contribution is 7.09. The Balaban J connectivity index is 2.20. The van der Waals surface area contributed by atoms with Gasteiger partial charge in [-0.1, -0.05) is 5.16 Å². The van der Waals surface area contributed by atoms with Crippen LogP contribution in [0.5, 0.6) is 11.5 Å². The standard InChI is InChI=1S/C14H12N2O3S/c1-7-3-11(17)13(12(18)4-7)14-9(5-15-19-14)10-6-20-8(2)16-10/h3-6,17-18H,1-2H3. The lowest BCUT2D eigenvalue weighted by molar-refractivity contribution is 0.416. The van der Waals surface area contributed by atoms with Gasteiger partial charge in [-0.3, -0.25) is 0 Å². The number of nitrogens with zero attached hydrogens (tertiary/aromatic N) is 2. The molecule has 0 saturated heterocycles. The summed E-state index contributed by atoms with van der Waals surface area (Å²) < 4.78 is 5.21. The number of aryl methyl sites for hydroxylation is 2. The predicted octanol–water partition coefficient (Wildman–Crippen LogP) is 3.49. The number of phenols is 2. The highest BCUT2D eigenvalue weighted by Crippen LogP contribution is 2.42. The fraction of sp³-hybridized carbons (Fsp3) is 0.143. The summed E-state index contributed by atoms with van der Waals surface area (Å²) in [5.41, 5.74) is 2.34. The van der Waals surface area contributed by atoms with Crippen molar-refractivity contribution in [1.29, 1.82) is 0 Å². The fourth-order valence-electron chi connectivity index (χ4n) is 2.07. The van der Waals surface area contributed by atoms with E-state index in [0.29, 0.717) is 17.0 Å². The Kier molecular flexibility index (Phi) is 2.94. The maximum atomic E-state index is 10.1. The van der Waals surface area contributed by atoms with Crippen LogP contribution in [0.3, 0.4) is 0 Å². The SMILES string of the molecule is Cc1cc(O)c(-c2oncc2-c2csc(C)n2)c(O)c1. The lowest BCUT2D eigenvalue weighted by atomic mass is 10.0. The first-order valence-corrected chi connectivity index (χ1v) is 6.84. The fourth-order valence-corrected chi connectivity index (χ4v) is 2.68. The Hall–Kier alpha value is -2.34. The molecule has 2 N–H and O–H groups in total. The number of aromatic hydroxyl groups is 2. The highest BCUT2D eigenvalue weighted by atomic mass is 32.1. The van der Waals surface area contributed by atoms with Crippen LogP contribution in [0.4, 0.5) is 0 Å². The normalized spacial score (nSPS) is 10.9.